The third-order valence-electron chi connectivity index (χ3n) is 4.79. The first-order valence-electron chi connectivity index (χ1n) is 9.35. The number of methoxy groups -OCH3 is 1. The number of hydrogen-bond donors (Lipinski definition) is 0. The molecule has 1 aliphatic heterocycles. The van der Waals surface area contributed by atoms with Crippen molar-refractivity contribution in [3.63, 3.8) is 0 Å². The van der Waals surface area contributed by atoms with Gasteiger partial charge in [0.15, 0.2) is 11.5 Å². The zero-order valence-corrected chi connectivity index (χ0v) is 16.5. The van der Waals surface area contributed by atoms with Crippen LogP contribution >= 0.6 is 0 Å². The molecule has 1 aliphatic rings. The highest BCUT2D eigenvalue weighted by atomic mass is 16.5. The molecule has 8 heteroatoms. The van der Waals surface area contributed by atoms with Crippen LogP contribution in [0.3, 0.4) is 0 Å². The van der Waals surface area contributed by atoms with E-state index in [2.05, 4.69) is 15.2 Å². The van der Waals surface area contributed by atoms with Crippen molar-refractivity contribution in [3.05, 3.63) is 42.0 Å². The van der Waals surface area contributed by atoms with Gasteiger partial charge in [0.1, 0.15) is 6.10 Å². The van der Waals surface area contributed by atoms with Crippen LogP contribution in [-0.4, -0.2) is 39.7 Å². The highest BCUT2D eigenvalue weighted by Crippen LogP contribution is 2.41. The summed E-state index contributed by atoms with van der Waals surface area (Å²) in [5.41, 5.74) is 1.80. The molecule has 0 spiro atoms. The van der Waals surface area contributed by atoms with Gasteiger partial charge >= 0.3 is 0 Å². The van der Waals surface area contributed by atoms with Gasteiger partial charge in [-0.2, -0.15) is 10.1 Å². The predicted molar refractivity (Wildman–Crippen MR) is 101 cm³/mol. The minimum Gasteiger partial charge on any atom is -0.493 e. The largest absolute Gasteiger partial charge is 0.493 e. The van der Waals surface area contributed by atoms with Crippen molar-refractivity contribution in [2.75, 3.05) is 13.7 Å². The SMILES string of the molecule is COc1cc(-c2noc([C@@H]3CCO[C@H]3c3ccnn3C)n2)ccc1OC(C)C. The van der Waals surface area contributed by atoms with Crippen LogP contribution in [0.2, 0.25) is 0 Å². The molecule has 0 bridgehead atoms. The second-order valence-corrected chi connectivity index (χ2v) is 7.05. The Balaban J connectivity index is 1.60. The van der Waals surface area contributed by atoms with Gasteiger partial charge in [0.25, 0.3) is 0 Å². The average molecular weight is 384 g/mol. The molecule has 1 saturated heterocycles. The van der Waals surface area contributed by atoms with Gasteiger partial charge in [-0.3, -0.25) is 4.68 Å². The number of hydrogen-bond acceptors (Lipinski definition) is 7. The lowest BCUT2D eigenvalue weighted by Gasteiger charge is -2.15. The van der Waals surface area contributed by atoms with Crippen LogP contribution in [0.15, 0.2) is 35.0 Å². The maximum absolute atomic E-state index is 5.92. The van der Waals surface area contributed by atoms with E-state index in [0.717, 1.165) is 17.7 Å². The Labute approximate surface area is 163 Å². The van der Waals surface area contributed by atoms with Gasteiger partial charge in [-0.1, -0.05) is 5.16 Å². The molecule has 0 radical (unpaired) electrons. The summed E-state index contributed by atoms with van der Waals surface area (Å²) in [4.78, 5) is 4.63. The molecule has 1 aromatic carbocycles. The number of nitrogens with zero attached hydrogens (tertiary/aromatic N) is 4. The smallest absolute Gasteiger partial charge is 0.233 e. The Morgan fingerprint density at radius 3 is 2.79 bits per heavy atom. The summed E-state index contributed by atoms with van der Waals surface area (Å²) < 4.78 is 24.6. The first kappa shape index (κ1) is 18.5. The van der Waals surface area contributed by atoms with Gasteiger partial charge in [0.05, 0.1) is 24.8 Å². The quantitative estimate of drug-likeness (QED) is 0.643. The van der Waals surface area contributed by atoms with Crippen LogP contribution in [0.5, 0.6) is 11.5 Å². The topological polar surface area (TPSA) is 84.4 Å². The average Bonchev–Trinajstić information content (AvgIpc) is 3.41. The molecule has 28 heavy (non-hydrogen) atoms. The first-order valence-corrected chi connectivity index (χ1v) is 9.35. The zero-order valence-electron chi connectivity index (χ0n) is 16.5. The Morgan fingerprint density at radius 2 is 2.07 bits per heavy atom. The van der Waals surface area contributed by atoms with Gasteiger partial charge in [0.2, 0.25) is 11.7 Å². The van der Waals surface area contributed by atoms with E-state index in [1.165, 1.54) is 0 Å². The fourth-order valence-corrected chi connectivity index (χ4v) is 3.46. The van der Waals surface area contributed by atoms with E-state index in [4.69, 9.17) is 18.7 Å². The fraction of sp³-hybridized carbons (Fsp3) is 0.450. The molecule has 2 aromatic heterocycles. The summed E-state index contributed by atoms with van der Waals surface area (Å²) in [6.45, 7) is 4.59. The molecule has 4 rings (SSSR count). The van der Waals surface area contributed by atoms with E-state index in [9.17, 15) is 0 Å². The minimum atomic E-state index is -0.142. The highest BCUT2D eigenvalue weighted by Gasteiger charge is 2.36. The van der Waals surface area contributed by atoms with Gasteiger partial charge in [-0.05, 0) is 44.5 Å². The number of benzene rings is 1. The third kappa shape index (κ3) is 3.47. The summed E-state index contributed by atoms with van der Waals surface area (Å²) in [5, 5.41) is 8.41. The van der Waals surface area contributed by atoms with E-state index in [1.807, 2.05) is 49.8 Å². The third-order valence-corrected chi connectivity index (χ3v) is 4.79. The maximum atomic E-state index is 5.92. The highest BCUT2D eigenvalue weighted by molar-refractivity contribution is 5.60. The number of ether oxygens (including phenoxy) is 3. The molecule has 0 saturated carbocycles. The minimum absolute atomic E-state index is 0.00194. The van der Waals surface area contributed by atoms with Crippen LogP contribution < -0.4 is 9.47 Å². The van der Waals surface area contributed by atoms with Crippen LogP contribution in [0.1, 0.15) is 43.9 Å². The van der Waals surface area contributed by atoms with Crippen molar-refractivity contribution in [2.45, 2.75) is 38.4 Å². The van der Waals surface area contributed by atoms with Gasteiger partial charge in [0, 0.05) is 25.4 Å². The zero-order chi connectivity index (χ0) is 19.7. The van der Waals surface area contributed by atoms with Crippen molar-refractivity contribution in [1.82, 2.24) is 19.9 Å². The van der Waals surface area contributed by atoms with E-state index in [-0.39, 0.29) is 18.1 Å². The molecule has 0 amide bonds. The summed E-state index contributed by atoms with van der Waals surface area (Å²) in [6.07, 6.45) is 2.50. The molecule has 0 N–H and O–H groups in total. The molecule has 0 aliphatic carbocycles. The van der Waals surface area contributed by atoms with Gasteiger partial charge in [-0.25, -0.2) is 0 Å². The van der Waals surface area contributed by atoms with E-state index in [1.54, 1.807) is 13.3 Å². The molecule has 8 nitrogen and oxygen atoms in total. The van der Waals surface area contributed by atoms with Crippen molar-refractivity contribution < 1.29 is 18.7 Å². The van der Waals surface area contributed by atoms with Crippen molar-refractivity contribution >= 4 is 0 Å². The molecule has 0 unspecified atom stereocenters. The maximum Gasteiger partial charge on any atom is 0.233 e. The van der Waals surface area contributed by atoms with Gasteiger partial charge < -0.3 is 18.7 Å². The molecular formula is C20H24N4O4. The van der Waals surface area contributed by atoms with Crippen LogP contribution in [-0.2, 0) is 11.8 Å². The number of aryl methyl sites for hydroxylation is 1. The standard InChI is InChI=1S/C20H24N4O4/c1-12(2)27-16-6-5-13(11-17(16)25-4)19-22-20(28-23-19)14-8-10-26-18(14)15-7-9-21-24(15)3/h5-7,9,11-12,14,18H,8,10H2,1-4H3/t14-,18-/m1/s1. The normalized spacial score (nSPS) is 19.3. The monoisotopic (exact) mass is 384 g/mol. The van der Waals surface area contributed by atoms with Crippen LogP contribution in [0, 0.1) is 0 Å². The molecule has 3 heterocycles. The van der Waals surface area contributed by atoms with Crippen LogP contribution in [0.4, 0.5) is 0 Å². The van der Waals surface area contributed by atoms with Gasteiger partial charge in [-0.15, -0.1) is 0 Å². The van der Waals surface area contributed by atoms with E-state index < -0.39 is 0 Å². The Morgan fingerprint density at radius 1 is 1.21 bits per heavy atom. The van der Waals surface area contributed by atoms with Crippen molar-refractivity contribution in [3.8, 4) is 22.9 Å². The Kier molecular flexibility index (Phi) is 5.04. The van der Waals surface area contributed by atoms with Crippen LogP contribution in [0.25, 0.3) is 11.4 Å². The van der Waals surface area contributed by atoms with Crippen molar-refractivity contribution in [1.29, 1.82) is 0 Å². The Hall–Kier alpha value is -2.87. The first-order chi connectivity index (χ1) is 13.6. The number of rotatable bonds is 6. The summed E-state index contributed by atoms with van der Waals surface area (Å²) in [5.74, 6) is 2.40. The molecule has 1 fully saturated rings. The summed E-state index contributed by atoms with van der Waals surface area (Å²) >= 11 is 0. The number of aromatic nitrogens is 4. The summed E-state index contributed by atoms with van der Waals surface area (Å²) in [6, 6.07) is 7.58. The second-order valence-electron chi connectivity index (χ2n) is 7.05. The van der Waals surface area contributed by atoms with Crippen molar-refractivity contribution in [2.24, 2.45) is 7.05 Å². The predicted octanol–water partition coefficient (Wildman–Crippen LogP) is 3.51. The Bertz CT molecular complexity index is 949. The lowest BCUT2D eigenvalue weighted by atomic mass is 9.99. The summed E-state index contributed by atoms with van der Waals surface area (Å²) in [7, 11) is 3.52. The lowest BCUT2D eigenvalue weighted by Crippen LogP contribution is -2.11. The molecule has 2 atom stereocenters. The fourth-order valence-electron chi connectivity index (χ4n) is 3.46. The van der Waals surface area contributed by atoms with E-state index in [0.29, 0.717) is 29.8 Å². The molecule has 148 valence electrons. The molecular weight excluding hydrogens is 360 g/mol. The lowest BCUT2D eigenvalue weighted by molar-refractivity contribution is 0.0921. The molecule has 3 aromatic rings. The van der Waals surface area contributed by atoms with E-state index >= 15 is 0 Å². The second kappa shape index (κ2) is 7.63.